The van der Waals surface area contributed by atoms with Crippen LogP contribution in [0, 0.1) is 5.92 Å². The molecule has 102 valence electrons. The van der Waals surface area contributed by atoms with E-state index in [9.17, 15) is 4.79 Å². The van der Waals surface area contributed by atoms with Gasteiger partial charge in [-0.15, -0.1) is 0 Å². The van der Waals surface area contributed by atoms with Gasteiger partial charge in [-0.1, -0.05) is 31.2 Å². The minimum atomic E-state index is -0.166. The molecule has 0 bridgehead atoms. The van der Waals surface area contributed by atoms with Crippen molar-refractivity contribution in [2.75, 3.05) is 6.54 Å². The number of rotatable bonds is 2. The van der Waals surface area contributed by atoms with Gasteiger partial charge in [0, 0.05) is 12.6 Å². The van der Waals surface area contributed by atoms with E-state index in [2.05, 4.69) is 35.8 Å². The molecular formula is C16H22N2O. The molecule has 1 aromatic carbocycles. The summed E-state index contributed by atoms with van der Waals surface area (Å²) < 4.78 is 0. The smallest absolute Gasteiger partial charge is 0.241 e. The van der Waals surface area contributed by atoms with E-state index in [0.717, 1.165) is 37.3 Å². The molecule has 3 rings (SSSR count). The van der Waals surface area contributed by atoms with Gasteiger partial charge in [0.2, 0.25) is 5.91 Å². The summed E-state index contributed by atoms with van der Waals surface area (Å²) in [7, 11) is 0. The summed E-state index contributed by atoms with van der Waals surface area (Å²) in [4.78, 5) is 12.4. The summed E-state index contributed by atoms with van der Waals surface area (Å²) in [5.74, 6) is 0.892. The molecule has 3 nitrogen and oxygen atoms in total. The Morgan fingerprint density at radius 1 is 1.32 bits per heavy atom. The van der Waals surface area contributed by atoms with Crippen LogP contribution < -0.4 is 10.6 Å². The minimum absolute atomic E-state index is 0.145. The fourth-order valence-electron chi connectivity index (χ4n) is 3.36. The van der Waals surface area contributed by atoms with E-state index >= 15 is 0 Å². The Morgan fingerprint density at radius 3 is 2.95 bits per heavy atom. The second-order valence-corrected chi connectivity index (χ2v) is 5.96. The fourth-order valence-corrected chi connectivity index (χ4v) is 3.36. The first-order valence-electron chi connectivity index (χ1n) is 7.35. The quantitative estimate of drug-likeness (QED) is 0.853. The Bertz CT molecular complexity index is 472. The van der Waals surface area contributed by atoms with Crippen LogP contribution >= 0.6 is 0 Å². The summed E-state index contributed by atoms with van der Waals surface area (Å²) in [6.07, 6.45) is 4.50. The van der Waals surface area contributed by atoms with Crippen LogP contribution in [0.25, 0.3) is 0 Å². The van der Waals surface area contributed by atoms with E-state index in [4.69, 9.17) is 0 Å². The zero-order valence-corrected chi connectivity index (χ0v) is 11.5. The van der Waals surface area contributed by atoms with Gasteiger partial charge in [-0.05, 0) is 42.7 Å². The predicted molar refractivity (Wildman–Crippen MR) is 75.8 cm³/mol. The van der Waals surface area contributed by atoms with Gasteiger partial charge in [0.1, 0.15) is 6.04 Å². The number of hydrogen-bond donors (Lipinski definition) is 2. The molecule has 1 aliphatic heterocycles. The van der Waals surface area contributed by atoms with Crippen molar-refractivity contribution in [1.82, 2.24) is 10.6 Å². The maximum absolute atomic E-state index is 12.4. The first kappa shape index (κ1) is 12.7. The molecule has 2 N–H and O–H groups in total. The Kier molecular flexibility index (Phi) is 3.56. The zero-order valence-electron chi connectivity index (χ0n) is 11.5. The Labute approximate surface area is 114 Å². The zero-order chi connectivity index (χ0) is 13.2. The van der Waals surface area contributed by atoms with Gasteiger partial charge in [-0.25, -0.2) is 0 Å². The van der Waals surface area contributed by atoms with E-state index < -0.39 is 0 Å². The third-order valence-corrected chi connectivity index (χ3v) is 4.41. The van der Waals surface area contributed by atoms with Gasteiger partial charge in [-0.2, -0.15) is 0 Å². The molecule has 19 heavy (non-hydrogen) atoms. The lowest BCUT2D eigenvalue weighted by molar-refractivity contribution is -0.124. The van der Waals surface area contributed by atoms with Crippen LogP contribution in [0.5, 0.6) is 0 Å². The number of carbonyl (C=O) groups is 1. The van der Waals surface area contributed by atoms with Gasteiger partial charge in [0.05, 0.1) is 0 Å². The largest absolute Gasteiger partial charge is 0.352 e. The lowest BCUT2D eigenvalue weighted by atomic mass is 9.93. The molecule has 0 aromatic heterocycles. The van der Waals surface area contributed by atoms with Crippen LogP contribution in [0.2, 0.25) is 0 Å². The van der Waals surface area contributed by atoms with E-state index in [1.165, 1.54) is 12.0 Å². The maximum atomic E-state index is 12.4. The molecule has 3 heteroatoms. The van der Waals surface area contributed by atoms with Gasteiger partial charge in [0.25, 0.3) is 0 Å². The molecule has 1 fully saturated rings. The van der Waals surface area contributed by atoms with Crippen LogP contribution in [0.1, 0.15) is 43.4 Å². The maximum Gasteiger partial charge on any atom is 0.241 e. The van der Waals surface area contributed by atoms with Crippen LogP contribution in [0.15, 0.2) is 24.3 Å². The lowest BCUT2D eigenvalue weighted by Crippen LogP contribution is -2.44. The summed E-state index contributed by atoms with van der Waals surface area (Å²) in [5, 5.41) is 6.57. The molecule has 1 amide bonds. The number of benzene rings is 1. The van der Waals surface area contributed by atoms with E-state index in [0.29, 0.717) is 6.04 Å². The third kappa shape index (κ3) is 2.66. The highest BCUT2D eigenvalue weighted by Crippen LogP contribution is 2.27. The highest BCUT2D eigenvalue weighted by molar-refractivity contribution is 5.84. The second kappa shape index (κ2) is 5.33. The summed E-state index contributed by atoms with van der Waals surface area (Å²) in [6, 6.07) is 8.48. The van der Waals surface area contributed by atoms with Crippen LogP contribution in [0.4, 0.5) is 0 Å². The molecule has 0 saturated heterocycles. The number of nitrogens with one attached hydrogen (secondary N) is 2. The van der Waals surface area contributed by atoms with Crippen LogP contribution in [0.3, 0.4) is 0 Å². The Balaban J connectivity index is 1.71. The molecule has 0 spiro atoms. The SMILES string of the molecule is CC1CCC(NC(=O)C2NCCc3ccccc32)C1. The van der Waals surface area contributed by atoms with Gasteiger partial charge >= 0.3 is 0 Å². The highest BCUT2D eigenvalue weighted by atomic mass is 16.2. The second-order valence-electron chi connectivity index (χ2n) is 5.96. The molecule has 3 atom stereocenters. The average molecular weight is 258 g/mol. The van der Waals surface area contributed by atoms with Crippen molar-refractivity contribution in [2.24, 2.45) is 5.92 Å². The average Bonchev–Trinajstić information content (AvgIpc) is 2.83. The van der Waals surface area contributed by atoms with Crippen molar-refractivity contribution in [1.29, 1.82) is 0 Å². The molecule has 1 heterocycles. The molecule has 3 unspecified atom stereocenters. The summed E-state index contributed by atoms with van der Waals surface area (Å²) >= 11 is 0. The van der Waals surface area contributed by atoms with Crippen molar-refractivity contribution in [3.63, 3.8) is 0 Å². The molecule has 1 saturated carbocycles. The number of fused-ring (bicyclic) bond motifs is 1. The van der Waals surface area contributed by atoms with Crippen molar-refractivity contribution in [3.8, 4) is 0 Å². The van der Waals surface area contributed by atoms with E-state index in [1.807, 2.05) is 6.07 Å². The fraction of sp³-hybridized carbons (Fsp3) is 0.562. The van der Waals surface area contributed by atoms with E-state index in [-0.39, 0.29) is 11.9 Å². The Hall–Kier alpha value is -1.35. The monoisotopic (exact) mass is 258 g/mol. The van der Waals surface area contributed by atoms with Gasteiger partial charge < -0.3 is 10.6 Å². The summed E-state index contributed by atoms with van der Waals surface area (Å²) in [6.45, 7) is 3.15. The molecule has 2 aliphatic rings. The minimum Gasteiger partial charge on any atom is -0.352 e. The highest BCUT2D eigenvalue weighted by Gasteiger charge is 2.29. The molecular weight excluding hydrogens is 236 g/mol. The van der Waals surface area contributed by atoms with Crippen molar-refractivity contribution in [2.45, 2.75) is 44.7 Å². The molecule has 1 aliphatic carbocycles. The van der Waals surface area contributed by atoms with Crippen molar-refractivity contribution >= 4 is 5.91 Å². The number of hydrogen-bond acceptors (Lipinski definition) is 2. The van der Waals surface area contributed by atoms with Gasteiger partial charge in [-0.3, -0.25) is 4.79 Å². The van der Waals surface area contributed by atoms with E-state index in [1.54, 1.807) is 0 Å². The van der Waals surface area contributed by atoms with Crippen molar-refractivity contribution in [3.05, 3.63) is 35.4 Å². The van der Waals surface area contributed by atoms with Crippen molar-refractivity contribution < 1.29 is 4.79 Å². The topological polar surface area (TPSA) is 41.1 Å². The summed E-state index contributed by atoms with van der Waals surface area (Å²) in [5.41, 5.74) is 2.46. The number of carbonyl (C=O) groups excluding carboxylic acids is 1. The lowest BCUT2D eigenvalue weighted by Gasteiger charge is -2.27. The standard InChI is InChI=1S/C16H22N2O/c1-11-6-7-13(10-11)18-16(19)15-14-5-3-2-4-12(14)8-9-17-15/h2-5,11,13,15,17H,6-10H2,1H3,(H,18,19). The van der Waals surface area contributed by atoms with Crippen LogP contribution in [-0.2, 0) is 11.2 Å². The number of amides is 1. The normalized spacial score (nSPS) is 29.8. The molecule has 0 radical (unpaired) electrons. The van der Waals surface area contributed by atoms with Crippen LogP contribution in [-0.4, -0.2) is 18.5 Å². The first-order valence-corrected chi connectivity index (χ1v) is 7.35. The Morgan fingerprint density at radius 2 is 2.16 bits per heavy atom. The molecule has 1 aromatic rings. The predicted octanol–water partition coefficient (Wildman–Crippen LogP) is 2.18. The van der Waals surface area contributed by atoms with Gasteiger partial charge in [0.15, 0.2) is 0 Å². The first-order chi connectivity index (χ1) is 9.24. The third-order valence-electron chi connectivity index (χ3n) is 4.41.